The van der Waals surface area contributed by atoms with E-state index in [2.05, 4.69) is 5.32 Å². The van der Waals surface area contributed by atoms with Gasteiger partial charge in [0.2, 0.25) is 0 Å². The molecular formula is C11H15F2NO3S. The number of sulfone groups is 1. The van der Waals surface area contributed by atoms with E-state index in [1.54, 1.807) is 6.92 Å². The van der Waals surface area contributed by atoms with Gasteiger partial charge in [0.05, 0.1) is 5.75 Å². The Labute approximate surface area is 105 Å². The standard InChI is InChI=1S/C11H15F2NO3S/c1-7(6-18(2,16)17)14-5-8-3-9(12)11(15)10(13)4-8/h3-4,7,14-15H,5-6H2,1-2H3. The Bertz CT molecular complexity index is 508. The average molecular weight is 279 g/mol. The Morgan fingerprint density at radius 2 is 1.83 bits per heavy atom. The number of nitrogens with one attached hydrogen (secondary N) is 1. The average Bonchev–Trinajstić information content (AvgIpc) is 2.20. The van der Waals surface area contributed by atoms with Gasteiger partial charge in [0.1, 0.15) is 9.84 Å². The van der Waals surface area contributed by atoms with Crippen LogP contribution in [-0.2, 0) is 16.4 Å². The Morgan fingerprint density at radius 3 is 2.28 bits per heavy atom. The maximum Gasteiger partial charge on any atom is 0.187 e. The highest BCUT2D eigenvalue weighted by Crippen LogP contribution is 2.21. The third kappa shape index (κ3) is 4.58. The lowest BCUT2D eigenvalue weighted by Gasteiger charge is -2.13. The van der Waals surface area contributed by atoms with Gasteiger partial charge in [-0.05, 0) is 24.6 Å². The van der Waals surface area contributed by atoms with Crippen LogP contribution in [0.3, 0.4) is 0 Å². The molecule has 0 fully saturated rings. The monoisotopic (exact) mass is 279 g/mol. The minimum Gasteiger partial charge on any atom is -0.503 e. The van der Waals surface area contributed by atoms with Gasteiger partial charge in [-0.15, -0.1) is 0 Å². The molecule has 2 N–H and O–H groups in total. The molecule has 0 aliphatic rings. The van der Waals surface area contributed by atoms with E-state index in [4.69, 9.17) is 5.11 Å². The fourth-order valence-electron chi connectivity index (χ4n) is 1.53. The van der Waals surface area contributed by atoms with Gasteiger partial charge in [-0.1, -0.05) is 0 Å². The van der Waals surface area contributed by atoms with Crippen LogP contribution in [0, 0.1) is 11.6 Å². The lowest BCUT2D eigenvalue weighted by atomic mass is 10.2. The van der Waals surface area contributed by atoms with Gasteiger partial charge in [0, 0.05) is 18.8 Å². The van der Waals surface area contributed by atoms with Gasteiger partial charge in [-0.3, -0.25) is 0 Å². The molecule has 1 atom stereocenters. The summed E-state index contributed by atoms with van der Waals surface area (Å²) in [4.78, 5) is 0. The van der Waals surface area contributed by atoms with E-state index < -0.39 is 27.2 Å². The zero-order chi connectivity index (χ0) is 13.9. The van der Waals surface area contributed by atoms with Gasteiger partial charge in [-0.25, -0.2) is 17.2 Å². The normalized spacial score (nSPS) is 13.6. The van der Waals surface area contributed by atoms with Crippen molar-refractivity contribution in [1.29, 1.82) is 0 Å². The number of hydrogen-bond acceptors (Lipinski definition) is 4. The molecule has 4 nitrogen and oxygen atoms in total. The topological polar surface area (TPSA) is 66.4 Å². The maximum absolute atomic E-state index is 13.0. The van der Waals surface area contributed by atoms with E-state index in [1.165, 1.54) is 0 Å². The second-order valence-electron chi connectivity index (χ2n) is 4.28. The number of phenols is 1. The molecule has 0 aliphatic carbocycles. The highest BCUT2D eigenvalue weighted by Gasteiger charge is 2.12. The first kappa shape index (κ1) is 14.8. The molecule has 1 unspecified atom stereocenters. The van der Waals surface area contributed by atoms with Crippen LogP contribution in [0.4, 0.5) is 8.78 Å². The number of aromatic hydroxyl groups is 1. The van der Waals surface area contributed by atoms with Crippen molar-refractivity contribution in [2.45, 2.75) is 19.5 Å². The van der Waals surface area contributed by atoms with E-state index in [1.807, 2.05) is 0 Å². The van der Waals surface area contributed by atoms with Gasteiger partial charge >= 0.3 is 0 Å². The fourth-order valence-corrected chi connectivity index (χ4v) is 2.55. The number of benzene rings is 1. The molecule has 0 aromatic heterocycles. The van der Waals surface area contributed by atoms with Crippen LogP contribution in [0.25, 0.3) is 0 Å². The SMILES string of the molecule is CC(CS(C)(=O)=O)NCc1cc(F)c(O)c(F)c1. The molecule has 0 saturated carbocycles. The van der Waals surface area contributed by atoms with Crippen molar-refractivity contribution in [2.24, 2.45) is 0 Å². The molecule has 0 heterocycles. The van der Waals surface area contributed by atoms with Crippen LogP contribution >= 0.6 is 0 Å². The first-order valence-corrected chi connectivity index (χ1v) is 7.33. The van der Waals surface area contributed by atoms with Crippen LogP contribution < -0.4 is 5.32 Å². The molecule has 0 spiro atoms. The predicted octanol–water partition coefficient (Wildman–Crippen LogP) is 1.19. The van der Waals surface area contributed by atoms with Crippen molar-refractivity contribution in [1.82, 2.24) is 5.32 Å². The quantitative estimate of drug-likeness (QED) is 0.850. The summed E-state index contributed by atoms with van der Waals surface area (Å²) in [6, 6.07) is 1.66. The van der Waals surface area contributed by atoms with Gasteiger partial charge in [-0.2, -0.15) is 0 Å². The summed E-state index contributed by atoms with van der Waals surface area (Å²) in [5, 5.41) is 11.7. The minimum atomic E-state index is -3.10. The molecule has 18 heavy (non-hydrogen) atoms. The van der Waals surface area contributed by atoms with E-state index in [-0.39, 0.29) is 18.3 Å². The second kappa shape index (κ2) is 5.62. The Kier molecular flexibility index (Phi) is 4.64. The lowest BCUT2D eigenvalue weighted by Crippen LogP contribution is -2.32. The molecule has 1 aromatic rings. The largest absolute Gasteiger partial charge is 0.503 e. The van der Waals surface area contributed by atoms with Crippen molar-refractivity contribution in [3.8, 4) is 5.75 Å². The Morgan fingerprint density at radius 1 is 1.33 bits per heavy atom. The highest BCUT2D eigenvalue weighted by molar-refractivity contribution is 7.90. The predicted molar refractivity (Wildman–Crippen MR) is 64.0 cm³/mol. The first-order chi connectivity index (χ1) is 8.19. The molecule has 0 aliphatic heterocycles. The maximum atomic E-state index is 13.0. The number of phenolic OH excluding ortho intramolecular Hbond substituents is 1. The van der Waals surface area contributed by atoms with Gasteiger partial charge in [0.15, 0.2) is 17.4 Å². The molecule has 1 aromatic carbocycles. The van der Waals surface area contributed by atoms with Gasteiger partial charge in [0.25, 0.3) is 0 Å². The summed E-state index contributed by atoms with van der Waals surface area (Å²) in [7, 11) is -3.10. The second-order valence-corrected chi connectivity index (χ2v) is 6.47. The fraction of sp³-hybridized carbons (Fsp3) is 0.455. The zero-order valence-corrected chi connectivity index (χ0v) is 10.9. The first-order valence-electron chi connectivity index (χ1n) is 5.27. The third-order valence-electron chi connectivity index (χ3n) is 2.28. The minimum absolute atomic E-state index is 0.0595. The summed E-state index contributed by atoms with van der Waals surface area (Å²) in [5.41, 5.74) is 0.295. The summed E-state index contributed by atoms with van der Waals surface area (Å²) in [6.07, 6.45) is 1.12. The molecule has 0 radical (unpaired) electrons. The Hall–Kier alpha value is -1.21. The van der Waals surface area contributed by atoms with Crippen molar-refractivity contribution in [2.75, 3.05) is 12.0 Å². The van der Waals surface area contributed by atoms with Crippen LogP contribution in [0.2, 0.25) is 0 Å². The van der Waals surface area contributed by atoms with Crippen molar-refractivity contribution in [3.05, 3.63) is 29.3 Å². The molecule has 0 bridgehead atoms. The van der Waals surface area contributed by atoms with Crippen molar-refractivity contribution >= 4 is 9.84 Å². The summed E-state index contributed by atoms with van der Waals surface area (Å²) in [6.45, 7) is 1.78. The van der Waals surface area contributed by atoms with Gasteiger partial charge < -0.3 is 10.4 Å². The van der Waals surface area contributed by atoms with E-state index in [0.717, 1.165) is 18.4 Å². The highest BCUT2D eigenvalue weighted by atomic mass is 32.2. The summed E-state index contributed by atoms with van der Waals surface area (Å²) < 4.78 is 48.1. The molecule has 0 saturated heterocycles. The van der Waals surface area contributed by atoms with Crippen LogP contribution in [0.1, 0.15) is 12.5 Å². The number of hydrogen-bond donors (Lipinski definition) is 2. The van der Waals surface area contributed by atoms with Crippen LogP contribution in [-0.4, -0.2) is 31.6 Å². The summed E-state index contributed by atoms with van der Waals surface area (Å²) in [5.74, 6) is -3.15. The number of rotatable bonds is 5. The van der Waals surface area contributed by atoms with Crippen molar-refractivity contribution < 1.29 is 22.3 Å². The van der Waals surface area contributed by atoms with E-state index in [9.17, 15) is 17.2 Å². The molecule has 102 valence electrons. The van der Waals surface area contributed by atoms with E-state index in [0.29, 0.717) is 5.56 Å². The van der Waals surface area contributed by atoms with Crippen LogP contribution in [0.5, 0.6) is 5.75 Å². The summed E-state index contributed by atoms with van der Waals surface area (Å²) >= 11 is 0. The molecule has 7 heteroatoms. The van der Waals surface area contributed by atoms with Crippen molar-refractivity contribution in [3.63, 3.8) is 0 Å². The number of halogens is 2. The van der Waals surface area contributed by atoms with Crippen LogP contribution in [0.15, 0.2) is 12.1 Å². The lowest BCUT2D eigenvalue weighted by molar-refractivity contribution is 0.394. The van der Waals surface area contributed by atoms with E-state index >= 15 is 0 Å². The molecule has 0 amide bonds. The molecular weight excluding hydrogens is 264 g/mol. The smallest absolute Gasteiger partial charge is 0.187 e. The third-order valence-corrected chi connectivity index (χ3v) is 3.39. The molecule has 1 rings (SSSR count). The zero-order valence-electron chi connectivity index (χ0n) is 10.1. The Balaban J connectivity index is 2.64.